The second-order valence-electron chi connectivity index (χ2n) is 10.5. The molecule has 8 nitrogen and oxygen atoms in total. The zero-order valence-corrected chi connectivity index (χ0v) is 24.0. The maximum absolute atomic E-state index is 13.2. The number of benzene rings is 3. The van der Waals surface area contributed by atoms with Crippen LogP contribution in [-0.4, -0.2) is 64.0 Å². The summed E-state index contributed by atoms with van der Waals surface area (Å²) in [5.74, 6) is 0.215. The maximum Gasteiger partial charge on any atom is 0.243 e. The highest BCUT2D eigenvalue weighted by atomic mass is 32.2. The molecule has 0 saturated carbocycles. The van der Waals surface area contributed by atoms with Crippen LogP contribution in [0.2, 0.25) is 0 Å². The average molecular weight is 582 g/mol. The highest BCUT2D eigenvalue weighted by Gasteiger charge is 2.30. The van der Waals surface area contributed by atoms with Crippen LogP contribution < -0.4 is 5.32 Å². The number of hydrogen-bond acceptors (Lipinski definition) is 6. The number of rotatable bonds is 10. The van der Waals surface area contributed by atoms with Crippen LogP contribution in [0, 0.1) is 5.92 Å². The summed E-state index contributed by atoms with van der Waals surface area (Å²) in [6.07, 6.45) is 4.31. The lowest BCUT2D eigenvalue weighted by Crippen LogP contribution is -2.38. The molecule has 0 aliphatic carbocycles. The van der Waals surface area contributed by atoms with Gasteiger partial charge in [-0.2, -0.15) is 8.61 Å². The minimum Gasteiger partial charge on any atom is -0.378 e. The molecule has 0 spiro atoms. The van der Waals surface area contributed by atoms with Gasteiger partial charge in [0.2, 0.25) is 20.0 Å². The molecule has 40 heavy (non-hydrogen) atoms. The van der Waals surface area contributed by atoms with E-state index < -0.39 is 20.0 Å². The second-order valence-corrected chi connectivity index (χ2v) is 14.4. The maximum atomic E-state index is 13.2. The zero-order valence-electron chi connectivity index (χ0n) is 22.4. The van der Waals surface area contributed by atoms with Crippen LogP contribution in [0.25, 0.3) is 0 Å². The first-order valence-electron chi connectivity index (χ1n) is 13.7. The van der Waals surface area contributed by atoms with Crippen LogP contribution in [0.5, 0.6) is 0 Å². The molecule has 3 aromatic rings. The van der Waals surface area contributed by atoms with Crippen LogP contribution in [0.4, 0.5) is 5.69 Å². The summed E-state index contributed by atoms with van der Waals surface area (Å²) in [5.41, 5.74) is 2.20. The Kier molecular flexibility index (Phi) is 8.70. The van der Waals surface area contributed by atoms with Crippen LogP contribution in [0.1, 0.15) is 41.6 Å². The number of anilines is 1. The Morgan fingerprint density at radius 3 is 2.02 bits per heavy atom. The molecule has 0 radical (unpaired) electrons. The fourth-order valence-corrected chi connectivity index (χ4v) is 8.42. The van der Waals surface area contributed by atoms with Gasteiger partial charge in [-0.15, -0.1) is 0 Å². The molecule has 2 aliphatic heterocycles. The number of sulfonamides is 2. The lowest BCUT2D eigenvalue weighted by molar-refractivity contribution is 0.101. The Morgan fingerprint density at radius 2 is 1.35 bits per heavy atom. The number of nitrogens with zero attached hydrogens (tertiary/aromatic N) is 2. The van der Waals surface area contributed by atoms with E-state index in [2.05, 4.69) is 17.4 Å². The third kappa shape index (κ3) is 6.46. The predicted molar refractivity (Wildman–Crippen MR) is 155 cm³/mol. The van der Waals surface area contributed by atoms with Crippen LogP contribution >= 0.6 is 0 Å². The van der Waals surface area contributed by atoms with E-state index >= 15 is 0 Å². The third-order valence-corrected chi connectivity index (χ3v) is 11.6. The van der Waals surface area contributed by atoms with E-state index in [-0.39, 0.29) is 22.1 Å². The molecule has 2 heterocycles. The van der Waals surface area contributed by atoms with Gasteiger partial charge in [-0.3, -0.25) is 4.79 Å². The van der Waals surface area contributed by atoms with E-state index in [9.17, 15) is 21.6 Å². The first kappa shape index (κ1) is 28.5. The van der Waals surface area contributed by atoms with Crippen molar-refractivity contribution in [2.75, 3.05) is 38.0 Å². The number of piperidine rings is 1. The van der Waals surface area contributed by atoms with Crippen LogP contribution in [0.3, 0.4) is 0 Å². The summed E-state index contributed by atoms with van der Waals surface area (Å²) in [7, 11) is -7.21. The molecule has 2 saturated heterocycles. The number of ketones is 1. The molecule has 0 unspecified atom stereocenters. The summed E-state index contributed by atoms with van der Waals surface area (Å²) < 4.78 is 55.2. The zero-order chi connectivity index (χ0) is 28.2. The van der Waals surface area contributed by atoms with Gasteiger partial charge in [0, 0.05) is 37.4 Å². The van der Waals surface area contributed by atoms with Gasteiger partial charge in [0.25, 0.3) is 0 Å². The monoisotopic (exact) mass is 581 g/mol. The fraction of sp³-hybridized carbons (Fsp3) is 0.367. The number of carbonyl (C=O) groups is 1. The summed E-state index contributed by atoms with van der Waals surface area (Å²) in [6.45, 7) is 1.95. The molecule has 0 amide bonds. The Balaban J connectivity index is 1.16. The molecule has 212 valence electrons. The van der Waals surface area contributed by atoms with Gasteiger partial charge in [-0.1, -0.05) is 42.5 Å². The molecule has 0 atom stereocenters. The molecule has 3 aromatic carbocycles. The van der Waals surface area contributed by atoms with Gasteiger partial charge in [0.1, 0.15) is 0 Å². The lowest BCUT2D eigenvalue weighted by atomic mass is 9.91. The molecule has 5 rings (SSSR count). The van der Waals surface area contributed by atoms with E-state index in [4.69, 9.17) is 0 Å². The van der Waals surface area contributed by atoms with Gasteiger partial charge in [0.05, 0.1) is 16.3 Å². The van der Waals surface area contributed by atoms with Gasteiger partial charge in [-0.25, -0.2) is 16.8 Å². The quantitative estimate of drug-likeness (QED) is 0.356. The topological polar surface area (TPSA) is 104 Å². The Morgan fingerprint density at radius 1 is 0.725 bits per heavy atom. The SMILES string of the molecule is O=C(CNc1ccc(S(=O)(=O)N2CCC(Cc3ccccc3)CC2)cc1)c1cccc(S(=O)(=O)N2CCCC2)c1. The molecule has 2 aliphatic rings. The molecule has 0 bridgehead atoms. The van der Waals surface area contributed by atoms with Crippen molar-refractivity contribution >= 4 is 31.5 Å². The molecule has 1 N–H and O–H groups in total. The minimum atomic E-state index is -3.61. The smallest absolute Gasteiger partial charge is 0.243 e. The molecule has 10 heteroatoms. The molecular weight excluding hydrogens is 546 g/mol. The Labute approximate surface area is 237 Å². The van der Waals surface area contributed by atoms with Crippen molar-refractivity contribution in [1.29, 1.82) is 0 Å². The average Bonchev–Trinajstić information content (AvgIpc) is 3.53. The van der Waals surface area contributed by atoms with Gasteiger partial charge >= 0.3 is 0 Å². The van der Waals surface area contributed by atoms with Crippen molar-refractivity contribution in [2.45, 2.75) is 41.9 Å². The number of hydrogen-bond donors (Lipinski definition) is 1. The summed E-state index contributed by atoms with van der Waals surface area (Å²) in [5, 5.41) is 3.03. The first-order chi connectivity index (χ1) is 19.2. The predicted octanol–water partition coefficient (Wildman–Crippen LogP) is 4.41. The van der Waals surface area contributed by atoms with E-state index in [0.29, 0.717) is 43.3 Å². The van der Waals surface area contributed by atoms with Gasteiger partial charge in [-0.05, 0) is 80.0 Å². The first-order valence-corrected chi connectivity index (χ1v) is 16.6. The Hall–Kier alpha value is -3.05. The van der Waals surface area contributed by atoms with Gasteiger partial charge in [0.15, 0.2) is 5.78 Å². The van der Waals surface area contributed by atoms with Crippen molar-refractivity contribution in [3.63, 3.8) is 0 Å². The summed E-state index contributed by atoms with van der Waals surface area (Å²) in [4.78, 5) is 13.2. The Bertz CT molecular complexity index is 1530. The fourth-order valence-electron chi connectivity index (χ4n) is 5.39. The lowest BCUT2D eigenvalue weighted by Gasteiger charge is -2.31. The third-order valence-electron chi connectivity index (χ3n) is 7.74. The van der Waals surface area contributed by atoms with Crippen molar-refractivity contribution in [2.24, 2.45) is 5.92 Å². The minimum absolute atomic E-state index is 0.0474. The highest BCUT2D eigenvalue weighted by Crippen LogP contribution is 2.27. The number of carbonyl (C=O) groups excluding carboxylic acids is 1. The van der Waals surface area contributed by atoms with Crippen molar-refractivity contribution in [3.8, 4) is 0 Å². The number of nitrogens with one attached hydrogen (secondary N) is 1. The van der Waals surface area contributed by atoms with E-state index in [1.165, 1.54) is 22.0 Å². The van der Waals surface area contributed by atoms with Crippen LogP contribution in [-0.2, 0) is 26.5 Å². The van der Waals surface area contributed by atoms with Crippen molar-refractivity contribution in [1.82, 2.24) is 8.61 Å². The largest absolute Gasteiger partial charge is 0.378 e. The highest BCUT2D eigenvalue weighted by molar-refractivity contribution is 7.89. The molecular formula is C30H35N3O5S2. The van der Waals surface area contributed by atoms with Gasteiger partial charge < -0.3 is 5.32 Å². The van der Waals surface area contributed by atoms with Crippen molar-refractivity contribution in [3.05, 3.63) is 90.0 Å². The normalized spacial score (nSPS) is 17.6. The molecule has 2 fully saturated rings. The van der Waals surface area contributed by atoms with Crippen LogP contribution in [0.15, 0.2) is 88.7 Å². The van der Waals surface area contributed by atoms with Crippen molar-refractivity contribution < 1.29 is 21.6 Å². The van der Waals surface area contributed by atoms with E-state index in [1.807, 2.05) is 18.2 Å². The number of Topliss-reactive ketones (excluding diaryl/α,β-unsaturated/α-hetero) is 1. The standard InChI is InChI=1S/C30H35N3O5S2/c34-30(26-9-6-10-29(22-26)40(37,38)32-17-4-5-18-32)23-31-27-11-13-28(14-12-27)39(35,36)33-19-15-25(16-20-33)21-24-7-2-1-3-8-24/h1-3,6-14,22,25,31H,4-5,15-21,23H2. The van der Waals surface area contributed by atoms with E-state index in [1.54, 1.807) is 40.7 Å². The van der Waals surface area contributed by atoms with E-state index in [0.717, 1.165) is 32.1 Å². The summed E-state index contributed by atoms with van der Waals surface area (Å²) >= 11 is 0. The second kappa shape index (κ2) is 12.2. The summed E-state index contributed by atoms with van der Waals surface area (Å²) in [6, 6.07) is 22.8. The molecule has 0 aromatic heterocycles.